The van der Waals surface area contributed by atoms with E-state index in [2.05, 4.69) is 48.2 Å². The van der Waals surface area contributed by atoms with Crippen LogP contribution in [-0.2, 0) is 21.5 Å². The molecule has 1 heterocycles. The molecule has 4 aliphatic rings. The second kappa shape index (κ2) is 16.5. The second-order valence-electron chi connectivity index (χ2n) is 18.8. The molecule has 0 bridgehead atoms. The average Bonchev–Trinajstić information content (AvgIpc) is 3.54. The van der Waals surface area contributed by atoms with Crippen molar-refractivity contribution in [2.24, 2.45) is 46.3 Å². The maximum atomic E-state index is 12.8. The number of Topliss-reactive ketones (excluding diaryl/α,β-unsaturated/α-hetero) is 1. The molecular weight excluding hydrogens is 767 g/mol. The first-order chi connectivity index (χ1) is 27.8. The Balaban J connectivity index is 1.04. The number of benzene rings is 2. The third-order valence-electron chi connectivity index (χ3n) is 15.4. The van der Waals surface area contributed by atoms with E-state index in [0.29, 0.717) is 49.9 Å². The van der Waals surface area contributed by atoms with Crippen LogP contribution in [0.1, 0.15) is 113 Å². The first-order valence-corrected chi connectivity index (χ1v) is 23.0. The Bertz CT molecular complexity index is 2270. The maximum Gasteiger partial charge on any atom is 0.266 e. The number of pyridine rings is 1. The Morgan fingerprint density at radius 2 is 1.75 bits per heavy atom. The normalized spacial score (nSPS) is 33.1. The number of hydrogen-bond donors (Lipinski definition) is 6. The second-order valence-corrected chi connectivity index (χ2v) is 20.3. The molecule has 5 unspecified atom stereocenters. The number of fused-ring (bicyclic) bond motifs is 6. The van der Waals surface area contributed by atoms with Crippen molar-refractivity contribution in [1.29, 1.82) is 0 Å². The number of ketones is 1. The van der Waals surface area contributed by atoms with Gasteiger partial charge in [0.15, 0.2) is 5.78 Å². The van der Waals surface area contributed by atoms with Crippen LogP contribution in [0.5, 0.6) is 0 Å². The van der Waals surface area contributed by atoms with E-state index in [4.69, 9.17) is 4.55 Å². The summed E-state index contributed by atoms with van der Waals surface area (Å²) in [5.74, 6) is 6.37. The fourth-order valence-electron chi connectivity index (χ4n) is 12.3. The standard InChI is InChI=1S/C47H61N3O8S/c1-28(14-17-41(54)48-22-23-59(56,57)58)35-15-16-36-43-37(25-40(53)46(35,36)5)45(4)20-21-47(55,26-33(45)24-39(43)52)19-18-31-10-6-7-11-32(31)27-49-44-34-12-8-9-13-38(34)50-29(2)42(44)30(3)51/h6-13,28,33,35-37,39-40,43,52-53,55H,14-17,20-27H2,1-5H3,(H,48,54)(H,49,50)(H,56,57,58)/t28-,33?,35-,36?,37?,39?,40+,43?,45+,46-,47-/m0/s1. The van der Waals surface area contributed by atoms with E-state index in [1.807, 2.05) is 55.5 Å². The molecular formula is C47H61N3O8S. The SMILES string of the molecule is CC(=O)c1c(C)nc2ccccc2c1NCc1ccccc1C#C[C@]1(O)CC[C@]2(C)C(CC(O)C3C2C[C@@H](O)[C@]2(C)C3CC[C@H]2[C@@H](C)CCC(=O)NCCS(=O)(=O)O)C1. The fourth-order valence-corrected chi connectivity index (χ4v) is 12.7. The van der Waals surface area contributed by atoms with Crippen LogP contribution in [-0.4, -0.2) is 75.1 Å². The number of hydrogen-bond acceptors (Lipinski definition) is 9. The highest BCUT2D eigenvalue weighted by molar-refractivity contribution is 7.85. The minimum atomic E-state index is -4.15. The predicted octanol–water partition coefficient (Wildman–Crippen LogP) is 6.46. The summed E-state index contributed by atoms with van der Waals surface area (Å²) in [7, 11) is -4.15. The summed E-state index contributed by atoms with van der Waals surface area (Å²) in [5.41, 5.74) is 2.71. The molecule has 2 aromatic carbocycles. The lowest BCUT2D eigenvalue weighted by atomic mass is 9.42. The van der Waals surface area contributed by atoms with Gasteiger partial charge in [-0.05, 0) is 129 Å². The zero-order valence-corrected chi connectivity index (χ0v) is 35.8. The summed E-state index contributed by atoms with van der Waals surface area (Å²) >= 11 is 0. The van der Waals surface area contributed by atoms with Crippen molar-refractivity contribution in [2.45, 2.75) is 117 Å². The van der Waals surface area contributed by atoms with E-state index >= 15 is 0 Å². The highest BCUT2D eigenvalue weighted by Gasteiger charge is 2.66. The third kappa shape index (κ3) is 8.43. The Morgan fingerprint density at radius 3 is 2.49 bits per heavy atom. The molecule has 4 fully saturated rings. The summed E-state index contributed by atoms with van der Waals surface area (Å²) in [5, 5.41) is 43.2. The Hall–Kier alpha value is -3.86. The molecule has 11 atom stereocenters. The van der Waals surface area contributed by atoms with Crippen LogP contribution < -0.4 is 10.6 Å². The molecule has 0 spiro atoms. The first-order valence-electron chi connectivity index (χ1n) is 21.4. The molecule has 6 N–H and O–H groups in total. The van der Waals surface area contributed by atoms with Crippen LogP contribution in [0.4, 0.5) is 5.69 Å². The smallest absolute Gasteiger partial charge is 0.266 e. The van der Waals surface area contributed by atoms with Crippen LogP contribution in [0.25, 0.3) is 10.9 Å². The highest BCUT2D eigenvalue weighted by atomic mass is 32.2. The lowest BCUT2D eigenvalue weighted by Gasteiger charge is -2.64. The molecule has 0 saturated heterocycles. The number of nitrogens with zero attached hydrogens (tertiary/aromatic N) is 1. The van der Waals surface area contributed by atoms with Gasteiger partial charge in [0, 0.05) is 30.5 Å². The highest BCUT2D eigenvalue weighted by Crippen LogP contribution is 2.69. The van der Waals surface area contributed by atoms with Crippen molar-refractivity contribution in [2.75, 3.05) is 17.6 Å². The number of aryl methyl sites for hydroxylation is 1. The van der Waals surface area contributed by atoms with Gasteiger partial charge in [-0.15, -0.1) is 0 Å². The van der Waals surface area contributed by atoms with Crippen molar-refractivity contribution >= 4 is 38.4 Å². The monoisotopic (exact) mass is 827 g/mol. The number of aliphatic hydroxyl groups is 3. The minimum Gasteiger partial charge on any atom is -0.393 e. The number of carbonyl (C=O) groups is 2. The summed E-state index contributed by atoms with van der Waals surface area (Å²) in [6.45, 7) is 10.3. The molecule has 0 radical (unpaired) electrons. The summed E-state index contributed by atoms with van der Waals surface area (Å²) < 4.78 is 31.0. The largest absolute Gasteiger partial charge is 0.393 e. The third-order valence-corrected chi connectivity index (χ3v) is 16.2. The first kappa shape index (κ1) is 43.2. The van der Waals surface area contributed by atoms with Crippen molar-refractivity contribution in [1.82, 2.24) is 10.3 Å². The Labute approximate surface area is 348 Å². The topological polar surface area (TPSA) is 186 Å². The van der Waals surface area contributed by atoms with Gasteiger partial charge < -0.3 is 26.0 Å². The number of nitrogens with one attached hydrogen (secondary N) is 2. The van der Waals surface area contributed by atoms with Crippen molar-refractivity contribution < 1.29 is 37.9 Å². The van der Waals surface area contributed by atoms with Crippen molar-refractivity contribution in [3.63, 3.8) is 0 Å². The summed E-state index contributed by atoms with van der Waals surface area (Å²) in [4.78, 5) is 29.9. The quantitative estimate of drug-likeness (QED) is 0.0712. The molecule has 1 amide bonds. The van der Waals surface area contributed by atoms with Crippen molar-refractivity contribution in [3.05, 3.63) is 70.9 Å². The van der Waals surface area contributed by atoms with Gasteiger partial charge in [0.2, 0.25) is 5.91 Å². The summed E-state index contributed by atoms with van der Waals surface area (Å²) in [6.07, 6.45) is 4.35. The van der Waals surface area contributed by atoms with Crippen molar-refractivity contribution in [3.8, 4) is 11.8 Å². The van der Waals surface area contributed by atoms with E-state index in [-0.39, 0.29) is 65.6 Å². The number of aliphatic hydroxyl groups excluding tert-OH is 2. The maximum absolute atomic E-state index is 12.8. The molecule has 3 aromatic rings. The number of aromatic nitrogens is 1. The van der Waals surface area contributed by atoms with Gasteiger partial charge in [-0.1, -0.05) is 69.0 Å². The predicted molar refractivity (Wildman–Crippen MR) is 228 cm³/mol. The molecule has 1 aromatic heterocycles. The minimum absolute atomic E-state index is 0.0314. The zero-order chi connectivity index (χ0) is 42.5. The molecule has 59 heavy (non-hydrogen) atoms. The molecule has 318 valence electrons. The van der Waals surface area contributed by atoms with Gasteiger partial charge in [0.05, 0.1) is 40.4 Å². The molecule has 12 heteroatoms. The van der Waals surface area contributed by atoms with Gasteiger partial charge in [-0.3, -0.25) is 19.1 Å². The van der Waals surface area contributed by atoms with Crippen LogP contribution in [0.3, 0.4) is 0 Å². The van der Waals surface area contributed by atoms with Crippen LogP contribution in [0, 0.1) is 65.1 Å². The number of anilines is 1. The number of para-hydroxylation sites is 1. The Kier molecular flexibility index (Phi) is 12.1. The van der Waals surface area contributed by atoms with E-state index in [0.717, 1.165) is 47.0 Å². The van der Waals surface area contributed by atoms with E-state index < -0.39 is 39.1 Å². The zero-order valence-electron chi connectivity index (χ0n) is 35.0. The van der Waals surface area contributed by atoms with Crippen LogP contribution >= 0.6 is 0 Å². The number of carbonyl (C=O) groups excluding carboxylic acids is 2. The van der Waals surface area contributed by atoms with E-state index in [1.54, 1.807) is 6.92 Å². The lowest BCUT2D eigenvalue weighted by molar-refractivity contribution is -0.211. The molecule has 11 nitrogen and oxygen atoms in total. The molecule has 4 aliphatic carbocycles. The van der Waals surface area contributed by atoms with Crippen LogP contribution in [0.2, 0.25) is 0 Å². The van der Waals surface area contributed by atoms with Gasteiger partial charge in [-0.2, -0.15) is 8.42 Å². The van der Waals surface area contributed by atoms with Crippen LogP contribution in [0.15, 0.2) is 48.5 Å². The fraction of sp³-hybridized carbons (Fsp3) is 0.596. The van der Waals surface area contributed by atoms with Gasteiger partial charge >= 0.3 is 0 Å². The van der Waals surface area contributed by atoms with E-state index in [9.17, 15) is 33.3 Å². The summed E-state index contributed by atoms with van der Waals surface area (Å²) in [6, 6.07) is 15.6. The number of rotatable bonds is 11. The average molecular weight is 828 g/mol. The molecule has 4 saturated carbocycles. The lowest BCUT2D eigenvalue weighted by Crippen LogP contribution is -2.63. The number of amides is 1. The van der Waals surface area contributed by atoms with Gasteiger partial charge in [-0.25, -0.2) is 0 Å². The molecule has 0 aliphatic heterocycles. The Morgan fingerprint density at radius 1 is 1.02 bits per heavy atom. The van der Waals surface area contributed by atoms with E-state index in [1.165, 1.54) is 0 Å². The van der Waals surface area contributed by atoms with Gasteiger partial charge in [0.1, 0.15) is 5.60 Å². The van der Waals surface area contributed by atoms with Gasteiger partial charge in [0.25, 0.3) is 10.1 Å². The molecule has 7 rings (SSSR count).